The summed E-state index contributed by atoms with van der Waals surface area (Å²) in [5.41, 5.74) is 4.11. The molecule has 3 heterocycles. The molecule has 4 aromatic carbocycles. The minimum atomic E-state index is 0.620. The number of fused-ring (bicyclic) bond motifs is 5. The van der Waals surface area contributed by atoms with Crippen molar-refractivity contribution >= 4 is 43.2 Å². The molecule has 0 saturated carbocycles. The molecular formula is C29H18N4S. The van der Waals surface area contributed by atoms with Crippen molar-refractivity contribution in [3.8, 4) is 28.7 Å². The van der Waals surface area contributed by atoms with Gasteiger partial charge in [-0.3, -0.25) is 4.57 Å². The quantitative estimate of drug-likeness (QED) is 0.277. The zero-order valence-corrected chi connectivity index (χ0v) is 18.9. The molecule has 0 spiro atoms. The van der Waals surface area contributed by atoms with Gasteiger partial charge in [-0.15, -0.1) is 11.3 Å². The Morgan fingerprint density at radius 3 is 1.91 bits per heavy atom. The summed E-state index contributed by atoms with van der Waals surface area (Å²) in [4.78, 5) is 14.8. The first-order valence-electron chi connectivity index (χ1n) is 11.1. The largest absolute Gasteiger partial charge is 0.278 e. The Bertz CT molecular complexity index is 1740. The van der Waals surface area contributed by atoms with E-state index in [1.807, 2.05) is 60.7 Å². The van der Waals surface area contributed by atoms with E-state index in [2.05, 4.69) is 52.4 Å². The zero-order chi connectivity index (χ0) is 22.5. The molecule has 0 radical (unpaired) electrons. The lowest BCUT2D eigenvalue weighted by Crippen LogP contribution is -2.06. The van der Waals surface area contributed by atoms with Gasteiger partial charge in [0.25, 0.3) is 0 Å². The Balaban J connectivity index is 1.59. The number of benzene rings is 4. The maximum absolute atomic E-state index is 4.98. The number of nitrogens with zero attached hydrogens (tertiary/aromatic N) is 4. The summed E-state index contributed by atoms with van der Waals surface area (Å²) in [6.07, 6.45) is 0. The van der Waals surface area contributed by atoms with E-state index in [9.17, 15) is 0 Å². The molecule has 0 fully saturated rings. The standard InChI is InChI=1S/C29H18N4S/c1-3-9-20(10-4-1)27-30-28(21-11-5-2-6-12-21)32-29(31-27)33-23-14-8-7-13-22(23)25-24(33)16-15-19-17-18-34-26(19)25/h1-18H. The Labute approximate surface area is 199 Å². The first-order valence-corrected chi connectivity index (χ1v) is 12.0. The van der Waals surface area contributed by atoms with Crippen LogP contribution >= 0.6 is 11.3 Å². The van der Waals surface area contributed by atoms with Gasteiger partial charge in [0.2, 0.25) is 5.95 Å². The van der Waals surface area contributed by atoms with E-state index in [-0.39, 0.29) is 0 Å². The van der Waals surface area contributed by atoms with Crippen molar-refractivity contribution in [2.75, 3.05) is 0 Å². The van der Waals surface area contributed by atoms with Crippen LogP contribution in [0.2, 0.25) is 0 Å². The van der Waals surface area contributed by atoms with Gasteiger partial charge >= 0.3 is 0 Å². The van der Waals surface area contributed by atoms with Crippen molar-refractivity contribution in [2.24, 2.45) is 0 Å². The lowest BCUT2D eigenvalue weighted by Gasteiger charge is -2.10. The number of hydrogen-bond acceptors (Lipinski definition) is 4. The Hall–Kier alpha value is -4.35. The molecule has 7 aromatic rings. The number of para-hydroxylation sites is 1. The van der Waals surface area contributed by atoms with E-state index >= 15 is 0 Å². The fraction of sp³-hybridized carbons (Fsp3) is 0. The summed E-state index contributed by atoms with van der Waals surface area (Å²) in [6.45, 7) is 0. The van der Waals surface area contributed by atoms with E-state index in [0.717, 1.165) is 22.2 Å². The summed E-state index contributed by atoms with van der Waals surface area (Å²) < 4.78 is 3.46. The molecule has 0 atom stereocenters. The number of aromatic nitrogens is 4. The third kappa shape index (κ3) is 2.95. The van der Waals surface area contributed by atoms with Crippen LogP contribution < -0.4 is 0 Å². The third-order valence-corrected chi connectivity index (χ3v) is 7.09. The van der Waals surface area contributed by atoms with E-state index in [1.165, 1.54) is 20.9 Å². The van der Waals surface area contributed by atoms with E-state index < -0.39 is 0 Å². The first-order chi connectivity index (χ1) is 16.9. The molecule has 0 aliphatic heterocycles. The fourth-order valence-corrected chi connectivity index (χ4v) is 5.55. The fourth-order valence-electron chi connectivity index (χ4n) is 4.59. The van der Waals surface area contributed by atoms with Gasteiger partial charge in [-0.25, -0.2) is 4.98 Å². The highest BCUT2D eigenvalue weighted by Gasteiger charge is 2.19. The molecule has 4 nitrogen and oxygen atoms in total. The van der Waals surface area contributed by atoms with Crippen molar-refractivity contribution in [3.63, 3.8) is 0 Å². The highest BCUT2D eigenvalue weighted by molar-refractivity contribution is 7.18. The molecule has 7 rings (SSSR count). The van der Waals surface area contributed by atoms with Crippen LogP contribution in [-0.4, -0.2) is 19.5 Å². The van der Waals surface area contributed by atoms with Gasteiger partial charge in [0.05, 0.1) is 11.0 Å². The van der Waals surface area contributed by atoms with Gasteiger partial charge in [0.1, 0.15) is 0 Å². The number of rotatable bonds is 3. The average molecular weight is 455 g/mol. The Kier molecular flexibility index (Phi) is 4.29. The predicted octanol–water partition coefficient (Wildman–Crippen LogP) is 7.52. The van der Waals surface area contributed by atoms with Gasteiger partial charge in [-0.1, -0.05) is 84.9 Å². The predicted molar refractivity (Wildman–Crippen MR) is 140 cm³/mol. The normalized spacial score (nSPS) is 11.5. The van der Waals surface area contributed by atoms with Crippen LogP contribution in [0.15, 0.2) is 109 Å². The second-order valence-corrected chi connectivity index (χ2v) is 9.08. The zero-order valence-electron chi connectivity index (χ0n) is 18.1. The molecule has 5 heteroatoms. The van der Waals surface area contributed by atoms with Gasteiger partial charge in [-0.05, 0) is 29.0 Å². The van der Waals surface area contributed by atoms with Gasteiger partial charge in [0.15, 0.2) is 11.6 Å². The molecule has 0 aliphatic carbocycles. The van der Waals surface area contributed by atoms with Gasteiger partial charge in [0, 0.05) is 26.6 Å². The van der Waals surface area contributed by atoms with Crippen molar-refractivity contribution < 1.29 is 0 Å². The summed E-state index contributed by atoms with van der Waals surface area (Å²) in [6, 6.07) is 35.2. The molecule has 0 aliphatic rings. The van der Waals surface area contributed by atoms with E-state index in [1.54, 1.807) is 11.3 Å². The SMILES string of the molecule is c1ccc(-c2nc(-c3ccccc3)nc(-n3c4ccccc4c4c5sccc5ccc43)n2)cc1. The summed E-state index contributed by atoms with van der Waals surface area (Å²) in [5.74, 6) is 1.94. The van der Waals surface area contributed by atoms with Crippen LogP contribution in [0.4, 0.5) is 0 Å². The van der Waals surface area contributed by atoms with Crippen molar-refractivity contribution in [1.82, 2.24) is 19.5 Å². The Morgan fingerprint density at radius 2 is 1.21 bits per heavy atom. The molecular weight excluding hydrogens is 436 g/mol. The highest BCUT2D eigenvalue weighted by atomic mass is 32.1. The topological polar surface area (TPSA) is 43.6 Å². The second kappa shape index (κ2) is 7.61. The molecule has 0 unspecified atom stereocenters. The Morgan fingerprint density at radius 1 is 0.559 bits per heavy atom. The van der Waals surface area contributed by atoms with Gasteiger partial charge in [-0.2, -0.15) is 9.97 Å². The monoisotopic (exact) mass is 454 g/mol. The lowest BCUT2D eigenvalue weighted by atomic mass is 10.1. The van der Waals surface area contributed by atoms with Crippen LogP contribution in [0.25, 0.3) is 60.6 Å². The minimum absolute atomic E-state index is 0.620. The summed E-state index contributed by atoms with van der Waals surface area (Å²) >= 11 is 1.77. The smallest absolute Gasteiger partial charge is 0.238 e. The molecule has 0 N–H and O–H groups in total. The lowest BCUT2D eigenvalue weighted by molar-refractivity contribution is 0.953. The van der Waals surface area contributed by atoms with Crippen LogP contribution in [-0.2, 0) is 0 Å². The van der Waals surface area contributed by atoms with Gasteiger partial charge < -0.3 is 0 Å². The molecule has 0 amide bonds. The molecule has 3 aromatic heterocycles. The van der Waals surface area contributed by atoms with Crippen molar-refractivity contribution in [2.45, 2.75) is 0 Å². The maximum Gasteiger partial charge on any atom is 0.238 e. The van der Waals surface area contributed by atoms with E-state index in [0.29, 0.717) is 17.6 Å². The van der Waals surface area contributed by atoms with Crippen molar-refractivity contribution in [1.29, 1.82) is 0 Å². The second-order valence-electron chi connectivity index (χ2n) is 8.17. The van der Waals surface area contributed by atoms with Crippen LogP contribution in [0, 0.1) is 0 Å². The van der Waals surface area contributed by atoms with Crippen LogP contribution in [0.1, 0.15) is 0 Å². The first kappa shape index (κ1) is 19.1. The number of thiophene rings is 1. The van der Waals surface area contributed by atoms with Crippen molar-refractivity contribution in [3.05, 3.63) is 109 Å². The highest BCUT2D eigenvalue weighted by Crippen LogP contribution is 2.38. The number of hydrogen-bond donors (Lipinski definition) is 0. The summed E-state index contributed by atoms with van der Waals surface area (Å²) in [7, 11) is 0. The van der Waals surface area contributed by atoms with Crippen LogP contribution in [0.5, 0.6) is 0 Å². The average Bonchev–Trinajstić information content (AvgIpc) is 3.52. The van der Waals surface area contributed by atoms with Crippen LogP contribution in [0.3, 0.4) is 0 Å². The molecule has 160 valence electrons. The third-order valence-electron chi connectivity index (χ3n) is 6.14. The summed E-state index contributed by atoms with van der Waals surface area (Å²) in [5, 5.41) is 5.85. The molecule has 0 bridgehead atoms. The van der Waals surface area contributed by atoms with E-state index in [4.69, 9.17) is 15.0 Å². The minimum Gasteiger partial charge on any atom is -0.278 e. The molecule has 0 saturated heterocycles. The molecule has 34 heavy (non-hydrogen) atoms. The maximum atomic E-state index is 4.98.